The molecule has 3 nitrogen and oxygen atoms in total. The molecule has 0 aliphatic carbocycles. The number of methoxy groups -OCH3 is 1. The zero-order valence-corrected chi connectivity index (χ0v) is 13.9. The van der Waals surface area contributed by atoms with Gasteiger partial charge in [-0.25, -0.2) is 0 Å². The van der Waals surface area contributed by atoms with Crippen LogP contribution in [0.5, 0.6) is 0 Å². The van der Waals surface area contributed by atoms with Crippen LogP contribution in [0, 0.1) is 0 Å². The highest BCUT2D eigenvalue weighted by molar-refractivity contribution is 5.66. The number of carbonyl (C=O) groups is 1. The average Bonchev–Trinajstić information content (AvgIpc) is 2.45. The van der Waals surface area contributed by atoms with Gasteiger partial charge >= 0.3 is 5.97 Å². The highest BCUT2D eigenvalue weighted by atomic mass is 16.5. The van der Waals surface area contributed by atoms with E-state index in [1.165, 1.54) is 37.7 Å². The second-order valence-corrected chi connectivity index (χ2v) is 5.59. The van der Waals surface area contributed by atoms with E-state index in [2.05, 4.69) is 19.9 Å². The molecule has 122 valence electrons. The van der Waals surface area contributed by atoms with Gasteiger partial charge in [0.15, 0.2) is 0 Å². The average molecular weight is 296 g/mol. The Bertz CT molecular complexity index is 318. The van der Waals surface area contributed by atoms with Crippen LogP contribution < -0.4 is 0 Å². The zero-order valence-electron chi connectivity index (χ0n) is 13.9. The first-order chi connectivity index (χ1) is 10.1. The first-order valence-electron chi connectivity index (χ1n) is 8.17. The Hall–Kier alpha value is -1.09. The van der Waals surface area contributed by atoms with Gasteiger partial charge in [-0.05, 0) is 32.6 Å². The van der Waals surface area contributed by atoms with Gasteiger partial charge in [0.2, 0.25) is 0 Å². The lowest BCUT2D eigenvalue weighted by molar-refractivity contribution is -0.136. The van der Waals surface area contributed by atoms with Crippen LogP contribution in [0.4, 0.5) is 0 Å². The highest BCUT2D eigenvalue weighted by Gasteiger charge is 2.02. The third kappa shape index (κ3) is 13.6. The molecule has 1 N–H and O–H groups in total. The number of hydrogen-bond donors (Lipinski definition) is 1. The Morgan fingerprint density at radius 3 is 2.48 bits per heavy atom. The van der Waals surface area contributed by atoms with E-state index in [1.54, 1.807) is 7.11 Å². The Balaban J connectivity index is 3.92. The number of aliphatic carboxylic acids is 1. The van der Waals surface area contributed by atoms with Crippen molar-refractivity contribution in [2.24, 2.45) is 0 Å². The third-order valence-corrected chi connectivity index (χ3v) is 3.51. The second-order valence-electron chi connectivity index (χ2n) is 5.59. The highest BCUT2D eigenvalue weighted by Crippen LogP contribution is 2.13. The van der Waals surface area contributed by atoms with E-state index in [0.717, 1.165) is 12.8 Å². The van der Waals surface area contributed by atoms with Gasteiger partial charge in [0.1, 0.15) is 0 Å². The van der Waals surface area contributed by atoms with E-state index in [4.69, 9.17) is 9.84 Å². The van der Waals surface area contributed by atoms with Gasteiger partial charge in [0, 0.05) is 13.5 Å². The summed E-state index contributed by atoms with van der Waals surface area (Å²) in [7, 11) is 1.72. The molecule has 0 aliphatic rings. The van der Waals surface area contributed by atoms with Crippen LogP contribution in [0.3, 0.4) is 0 Å². The molecule has 1 atom stereocenters. The van der Waals surface area contributed by atoms with Gasteiger partial charge in [-0.1, -0.05) is 56.4 Å². The van der Waals surface area contributed by atoms with Crippen LogP contribution >= 0.6 is 0 Å². The molecule has 3 heteroatoms. The number of carboxylic acids is 1. The van der Waals surface area contributed by atoms with Crippen molar-refractivity contribution in [3.8, 4) is 0 Å². The summed E-state index contributed by atoms with van der Waals surface area (Å²) in [5.41, 5.74) is 1.39. The summed E-state index contributed by atoms with van der Waals surface area (Å²) in [4.78, 5) is 10.4. The van der Waals surface area contributed by atoms with Gasteiger partial charge in [0.05, 0.1) is 6.10 Å². The molecular weight excluding hydrogens is 264 g/mol. The minimum atomic E-state index is -0.748. The summed E-state index contributed by atoms with van der Waals surface area (Å²) in [5.74, 6) is -0.748. The minimum Gasteiger partial charge on any atom is -0.481 e. The predicted octanol–water partition coefficient (Wildman–Crippen LogP) is 5.12. The van der Waals surface area contributed by atoms with Crippen molar-refractivity contribution in [2.75, 3.05) is 7.11 Å². The number of unbranched alkanes of at least 4 members (excludes halogenated alkanes) is 4. The monoisotopic (exact) mass is 296 g/mol. The topological polar surface area (TPSA) is 46.5 Å². The molecule has 0 unspecified atom stereocenters. The van der Waals surface area contributed by atoms with Crippen LogP contribution in [0.25, 0.3) is 0 Å². The Labute approximate surface area is 130 Å². The van der Waals surface area contributed by atoms with Gasteiger partial charge in [-0.15, -0.1) is 0 Å². The first kappa shape index (κ1) is 19.9. The van der Waals surface area contributed by atoms with Crippen molar-refractivity contribution in [2.45, 2.75) is 77.7 Å². The smallest absolute Gasteiger partial charge is 0.303 e. The van der Waals surface area contributed by atoms with Crippen molar-refractivity contribution >= 4 is 5.97 Å². The van der Waals surface area contributed by atoms with Crippen LogP contribution in [0.2, 0.25) is 0 Å². The minimum absolute atomic E-state index is 0.0988. The van der Waals surface area contributed by atoms with Crippen LogP contribution in [-0.4, -0.2) is 24.3 Å². The molecule has 0 fully saturated rings. The number of ether oxygens (including phenoxy) is 1. The van der Waals surface area contributed by atoms with Crippen LogP contribution in [0.1, 0.15) is 71.6 Å². The molecule has 0 amide bonds. The fraction of sp³-hybridized carbons (Fsp3) is 0.722. The van der Waals surface area contributed by atoms with E-state index in [0.29, 0.717) is 6.42 Å². The molecule has 0 aromatic rings. The lowest BCUT2D eigenvalue weighted by atomic mass is 10.0. The number of allylic oxidation sites excluding steroid dienone is 2. The molecule has 0 aromatic heterocycles. The number of rotatable bonds is 13. The zero-order chi connectivity index (χ0) is 15.9. The molecule has 0 rings (SSSR count). The van der Waals surface area contributed by atoms with Gasteiger partial charge < -0.3 is 9.84 Å². The van der Waals surface area contributed by atoms with Crippen molar-refractivity contribution in [1.29, 1.82) is 0 Å². The fourth-order valence-corrected chi connectivity index (χ4v) is 2.20. The van der Waals surface area contributed by atoms with Crippen molar-refractivity contribution in [3.05, 3.63) is 23.8 Å². The summed E-state index contributed by atoms with van der Waals surface area (Å²) in [6, 6.07) is 0. The summed E-state index contributed by atoms with van der Waals surface area (Å²) >= 11 is 0. The molecule has 21 heavy (non-hydrogen) atoms. The molecule has 0 saturated carbocycles. The summed E-state index contributed by atoms with van der Waals surface area (Å²) in [6.07, 6.45) is 15.5. The molecular formula is C18H32O3. The molecule has 0 saturated heterocycles. The van der Waals surface area contributed by atoms with E-state index in [1.807, 2.05) is 12.2 Å². The normalized spacial score (nSPS) is 13.8. The molecule has 0 aromatic carbocycles. The Morgan fingerprint density at radius 1 is 1.14 bits per heavy atom. The third-order valence-electron chi connectivity index (χ3n) is 3.51. The number of hydrogen-bond acceptors (Lipinski definition) is 2. The Morgan fingerprint density at radius 2 is 1.86 bits per heavy atom. The molecule has 0 bridgehead atoms. The van der Waals surface area contributed by atoms with E-state index < -0.39 is 5.97 Å². The van der Waals surface area contributed by atoms with Crippen molar-refractivity contribution in [3.63, 3.8) is 0 Å². The van der Waals surface area contributed by atoms with Crippen molar-refractivity contribution < 1.29 is 14.6 Å². The van der Waals surface area contributed by atoms with E-state index >= 15 is 0 Å². The lowest BCUT2D eigenvalue weighted by Gasteiger charge is -2.10. The summed E-state index contributed by atoms with van der Waals surface area (Å²) in [5, 5.41) is 8.56. The first-order valence-corrected chi connectivity index (χ1v) is 8.17. The van der Waals surface area contributed by atoms with Gasteiger partial charge in [-0.2, -0.15) is 0 Å². The lowest BCUT2D eigenvalue weighted by Crippen LogP contribution is -2.06. The quantitative estimate of drug-likeness (QED) is 0.379. The second kappa shape index (κ2) is 13.9. The predicted molar refractivity (Wildman–Crippen MR) is 88.6 cm³/mol. The van der Waals surface area contributed by atoms with E-state index in [9.17, 15) is 4.79 Å². The molecule has 0 heterocycles. The standard InChI is InChI=1S/C18H32O3/c1-4-5-6-7-9-12-16(2)15-17(21-3)13-10-8-11-14-18(19)20/h8,10,15,17H,4-7,9,11-14H2,1-3H3,(H,19,20)/b10-8+,16-15+/t17-/m0/s1. The molecule has 0 radical (unpaired) electrons. The van der Waals surface area contributed by atoms with Crippen molar-refractivity contribution in [1.82, 2.24) is 0 Å². The summed E-state index contributed by atoms with van der Waals surface area (Å²) in [6.45, 7) is 4.40. The summed E-state index contributed by atoms with van der Waals surface area (Å²) < 4.78 is 5.45. The Kier molecular flexibility index (Phi) is 13.2. The SMILES string of the molecule is CCCCCCC/C(C)=C/[C@H](C/C=C/CCC(=O)O)OC. The van der Waals surface area contributed by atoms with Crippen LogP contribution in [0.15, 0.2) is 23.8 Å². The maximum absolute atomic E-state index is 10.4. The fourth-order valence-electron chi connectivity index (χ4n) is 2.20. The van der Waals surface area contributed by atoms with Gasteiger partial charge in [-0.3, -0.25) is 4.79 Å². The molecule has 0 aliphatic heterocycles. The maximum Gasteiger partial charge on any atom is 0.303 e. The van der Waals surface area contributed by atoms with Gasteiger partial charge in [0.25, 0.3) is 0 Å². The largest absolute Gasteiger partial charge is 0.481 e. The van der Waals surface area contributed by atoms with Crippen LogP contribution in [-0.2, 0) is 9.53 Å². The number of carboxylic acid groups (broad SMARTS) is 1. The van der Waals surface area contributed by atoms with E-state index in [-0.39, 0.29) is 12.5 Å². The molecule has 0 spiro atoms. The maximum atomic E-state index is 10.4.